The van der Waals surface area contributed by atoms with Gasteiger partial charge >= 0.3 is 6.03 Å². The molecular weight excluding hydrogens is 228 g/mol. The summed E-state index contributed by atoms with van der Waals surface area (Å²) < 4.78 is 0. The molecule has 0 fully saturated rings. The minimum Gasteiger partial charge on any atom is -0.306 e. The molecule has 1 aromatic heterocycles. The number of carbonyl (C=O) groups excluding carboxylic acids is 1. The molecule has 3 N–H and O–H groups in total. The lowest BCUT2D eigenvalue weighted by Gasteiger charge is -2.06. The Bertz CT molecular complexity index is 483. The Labute approximate surface area is 96.8 Å². The molecule has 0 aliphatic carbocycles. The van der Waals surface area contributed by atoms with E-state index in [0.717, 1.165) is 0 Å². The zero-order valence-corrected chi connectivity index (χ0v) is 8.95. The van der Waals surface area contributed by atoms with Crippen molar-refractivity contribution in [1.82, 2.24) is 10.2 Å². The Morgan fingerprint density at radius 1 is 1.25 bits per heavy atom. The number of halogens is 1. The van der Waals surface area contributed by atoms with Gasteiger partial charge in [0, 0.05) is 6.07 Å². The number of H-pyrrole nitrogens is 1. The number of urea groups is 1. The third kappa shape index (κ3) is 2.52. The van der Waals surface area contributed by atoms with Crippen molar-refractivity contribution in [3.05, 3.63) is 41.6 Å². The van der Waals surface area contributed by atoms with Crippen LogP contribution >= 0.6 is 11.6 Å². The lowest BCUT2D eigenvalue weighted by Crippen LogP contribution is -2.19. The van der Waals surface area contributed by atoms with Gasteiger partial charge in [-0.3, -0.25) is 10.4 Å². The number of amides is 2. The van der Waals surface area contributed by atoms with Crippen LogP contribution in [0.2, 0.25) is 5.02 Å². The van der Waals surface area contributed by atoms with E-state index in [9.17, 15) is 4.79 Å². The number of para-hydroxylation sites is 1. The third-order valence-corrected chi connectivity index (χ3v) is 2.20. The maximum atomic E-state index is 11.5. The Morgan fingerprint density at radius 3 is 2.75 bits per heavy atom. The third-order valence-electron chi connectivity index (χ3n) is 1.87. The summed E-state index contributed by atoms with van der Waals surface area (Å²) in [6, 6.07) is 8.27. The molecule has 0 saturated carbocycles. The number of carbonyl (C=O) groups is 1. The van der Waals surface area contributed by atoms with Gasteiger partial charge in [-0.25, -0.2) is 4.79 Å². The second-order valence-corrected chi connectivity index (χ2v) is 3.44. The van der Waals surface area contributed by atoms with Gasteiger partial charge in [0.15, 0.2) is 0 Å². The molecule has 0 bridgehead atoms. The highest BCUT2D eigenvalue weighted by atomic mass is 35.5. The number of rotatable bonds is 2. The minimum absolute atomic E-state index is 0.377. The predicted octanol–water partition coefficient (Wildman–Crippen LogP) is 2.71. The highest BCUT2D eigenvalue weighted by Crippen LogP contribution is 2.20. The van der Waals surface area contributed by atoms with Crippen LogP contribution in [0.5, 0.6) is 0 Å². The molecule has 2 amide bonds. The van der Waals surface area contributed by atoms with Crippen molar-refractivity contribution < 1.29 is 4.79 Å². The first-order valence-electron chi connectivity index (χ1n) is 4.57. The van der Waals surface area contributed by atoms with Gasteiger partial charge in [0.05, 0.1) is 16.9 Å². The quantitative estimate of drug-likeness (QED) is 0.750. The van der Waals surface area contributed by atoms with Crippen molar-refractivity contribution in [2.45, 2.75) is 0 Å². The number of hydrogen-bond donors (Lipinski definition) is 3. The first-order chi connectivity index (χ1) is 7.75. The molecule has 2 aromatic rings. The Morgan fingerprint density at radius 2 is 2.06 bits per heavy atom. The van der Waals surface area contributed by atoms with Crippen LogP contribution in [0.15, 0.2) is 36.5 Å². The van der Waals surface area contributed by atoms with E-state index in [4.69, 9.17) is 11.6 Å². The van der Waals surface area contributed by atoms with E-state index in [-0.39, 0.29) is 6.03 Å². The molecule has 6 heteroatoms. The normalized spacial score (nSPS) is 9.81. The molecule has 0 spiro atoms. The van der Waals surface area contributed by atoms with Crippen molar-refractivity contribution >= 4 is 29.1 Å². The number of anilines is 2. The van der Waals surface area contributed by atoms with Crippen LogP contribution in [0.4, 0.5) is 16.3 Å². The summed E-state index contributed by atoms with van der Waals surface area (Å²) in [5.74, 6) is 0.518. The number of nitrogens with zero attached hydrogens (tertiary/aromatic N) is 1. The molecule has 16 heavy (non-hydrogen) atoms. The average molecular weight is 237 g/mol. The van der Waals surface area contributed by atoms with Crippen LogP contribution in [0, 0.1) is 0 Å². The van der Waals surface area contributed by atoms with Crippen molar-refractivity contribution in [3.63, 3.8) is 0 Å². The SMILES string of the molecule is O=C(Nc1ccn[nH]1)Nc1ccccc1Cl. The fourth-order valence-electron chi connectivity index (χ4n) is 1.16. The second kappa shape index (κ2) is 4.67. The Balaban J connectivity index is 2.00. The van der Waals surface area contributed by atoms with Gasteiger partial charge in [0.1, 0.15) is 5.82 Å². The number of aromatic nitrogens is 2. The number of nitrogens with one attached hydrogen (secondary N) is 3. The van der Waals surface area contributed by atoms with Crippen LogP contribution < -0.4 is 10.6 Å². The monoisotopic (exact) mass is 236 g/mol. The van der Waals surface area contributed by atoms with Crippen molar-refractivity contribution in [1.29, 1.82) is 0 Å². The Hall–Kier alpha value is -2.01. The average Bonchev–Trinajstić information content (AvgIpc) is 2.74. The standard InChI is InChI=1S/C10H9ClN4O/c11-7-3-1-2-4-8(7)13-10(16)14-9-5-6-12-15-9/h1-6H,(H3,12,13,14,15,16). The molecular formula is C10H9ClN4O. The summed E-state index contributed by atoms with van der Waals surface area (Å²) in [5.41, 5.74) is 0.557. The smallest absolute Gasteiger partial charge is 0.306 e. The van der Waals surface area contributed by atoms with Gasteiger partial charge < -0.3 is 5.32 Å². The van der Waals surface area contributed by atoms with E-state index in [1.165, 1.54) is 0 Å². The summed E-state index contributed by atoms with van der Waals surface area (Å²) in [5, 5.41) is 12.0. The summed E-state index contributed by atoms with van der Waals surface area (Å²) in [4.78, 5) is 11.5. The first-order valence-corrected chi connectivity index (χ1v) is 4.95. The first kappa shape index (κ1) is 10.5. The number of benzene rings is 1. The van der Waals surface area contributed by atoms with Gasteiger partial charge in [-0.2, -0.15) is 5.10 Å². The van der Waals surface area contributed by atoms with Crippen LogP contribution in [-0.4, -0.2) is 16.2 Å². The van der Waals surface area contributed by atoms with Gasteiger partial charge in [-0.1, -0.05) is 23.7 Å². The molecule has 0 atom stereocenters. The molecule has 1 heterocycles. The summed E-state index contributed by atoms with van der Waals surface area (Å²) in [7, 11) is 0. The van der Waals surface area contributed by atoms with E-state index in [1.54, 1.807) is 36.5 Å². The molecule has 0 aliphatic heterocycles. The molecule has 0 unspecified atom stereocenters. The van der Waals surface area contributed by atoms with E-state index < -0.39 is 0 Å². The summed E-state index contributed by atoms with van der Waals surface area (Å²) in [6.45, 7) is 0. The van der Waals surface area contributed by atoms with Crippen LogP contribution in [0.25, 0.3) is 0 Å². The molecule has 0 saturated heterocycles. The maximum Gasteiger partial charge on any atom is 0.324 e. The highest BCUT2D eigenvalue weighted by Gasteiger charge is 2.05. The molecule has 82 valence electrons. The largest absolute Gasteiger partial charge is 0.324 e. The van der Waals surface area contributed by atoms with E-state index in [0.29, 0.717) is 16.5 Å². The zero-order valence-electron chi connectivity index (χ0n) is 8.20. The predicted molar refractivity (Wildman–Crippen MR) is 62.7 cm³/mol. The minimum atomic E-state index is -0.377. The number of aromatic amines is 1. The number of hydrogen-bond acceptors (Lipinski definition) is 2. The zero-order chi connectivity index (χ0) is 11.4. The maximum absolute atomic E-state index is 11.5. The lowest BCUT2D eigenvalue weighted by atomic mass is 10.3. The topological polar surface area (TPSA) is 69.8 Å². The molecule has 1 aromatic carbocycles. The van der Waals surface area contributed by atoms with Crippen LogP contribution in [-0.2, 0) is 0 Å². The second-order valence-electron chi connectivity index (χ2n) is 3.03. The summed E-state index contributed by atoms with van der Waals surface area (Å²) in [6.07, 6.45) is 1.55. The van der Waals surface area contributed by atoms with Gasteiger partial charge in [-0.15, -0.1) is 0 Å². The van der Waals surface area contributed by atoms with Gasteiger partial charge in [0.2, 0.25) is 0 Å². The fraction of sp³-hybridized carbons (Fsp3) is 0. The lowest BCUT2D eigenvalue weighted by molar-refractivity contribution is 0.262. The fourth-order valence-corrected chi connectivity index (χ4v) is 1.35. The van der Waals surface area contributed by atoms with E-state index in [2.05, 4.69) is 20.8 Å². The summed E-state index contributed by atoms with van der Waals surface area (Å²) >= 11 is 5.89. The molecule has 5 nitrogen and oxygen atoms in total. The Kier molecular flexibility index (Phi) is 3.07. The molecule has 0 aliphatic rings. The van der Waals surface area contributed by atoms with Gasteiger partial charge in [0.25, 0.3) is 0 Å². The van der Waals surface area contributed by atoms with E-state index >= 15 is 0 Å². The van der Waals surface area contributed by atoms with Crippen LogP contribution in [0.1, 0.15) is 0 Å². The van der Waals surface area contributed by atoms with Crippen molar-refractivity contribution in [2.24, 2.45) is 0 Å². The highest BCUT2D eigenvalue weighted by molar-refractivity contribution is 6.33. The van der Waals surface area contributed by atoms with E-state index in [1.807, 2.05) is 0 Å². The van der Waals surface area contributed by atoms with Crippen molar-refractivity contribution in [2.75, 3.05) is 10.6 Å². The van der Waals surface area contributed by atoms with Crippen LogP contribution in [0.3, 0.4) is 0 Å². The van der Waals surface area contributed by atoms with Crippen molar-refractivity contribution in [3.8, 4) is 0 Å². The molecule has 0 radical (unpaired) electrons. The molecule has 2 rings (SSSR count). The van der Waals surface area contributed by atoms with Gasteiger partial charge in [-0.05, 0) is 12.1 Å².